The third-order valence-corrected chi connectivity index (χ3v) is 5.99. The quantitative estimate of drug-likeness (QED) is 0.547. The zero-order chi connectivity index (χ0) is 17.5. The van der Waals surface area contributed by atoms with E-state index in [9.17, 15) is 9.59 Å². The highest BCUT2D eigenvalue weighted by Crippen LogP contribution is 2.29. The van der Waals surface area contributed by atoms with Gasteiger partial charge in [0, 0.05) is 12.5 Å². The third kappa shape index (κ3) is 5.54. The molecule has 0 bridgehead atoms. The number of nitrogens with zero attached hydrogens (tertiary/aromatic N) is 2. The molecule has 0 aliphatic heterocycles. The first-order chi connectivity index (χ1) is 12.2. The molecule has 2 N–H and O–H groups in total. The maximum Gasteiger partial charge on any atom is 0.230 e. The van der Waals surface area contributed by atoms with Crippen molar-refractivity contribution in [2.24, 2.45) is 5.92 Å². The molecule has 1 aliphatic rings. The summed E-state index contributed by atoms with van der Waals surface area (Å²) < 4.78 is 0.683. The Kier molecular flexibility index (Phi) is 6.41. The van der Waals surface area contributed by atoms with Crippen molar-refractivity contribution >= 4 is 40.0 Å². The Morgan fingerprint density at radius 2 is 2.00 bits per heavy atom. The van der Waals surface area contributed by atoms with E-state index in [1.54, 1.807) is 0 Å². The van der Waals surface area contributed by atoms with E-state index in [-0.39, 0.29) is 17.7 Å². The van der Waals surface area contributed by atoms with Gasteiger partial charge in [0.15, 0.2) is 4.34 Å². The molecule has 0 atom stereocenters. The summed E-state index contributed by atoms with van der Waals surface area (Å²) in [4.78, 5) is 23.7. The van der Waals surface area contributed by atoms with E-state index in [0.717, 1.165) is 25.7 Å². The van der Waals surface area contributed by atoms with Gasteiger partial charge in [-0.15, -0.1) is 10.2 Å². The van der Waals surface area contributed by atoms with Crippen molar-refractivity contribution in [1.29, 1.82) is 0 Å². The number of hydrogen-bond donors (Lipinski definition) is 2. The predicted molar refractivity (Wildman–Crippen MR) is 99.8 cm³/mol. The maximum absolute atomic E-state index is 11.9. The molecule has 25 heavy (non-hydrogen) atoms. The average molecular weight is 377 g/mol. The van der Waals surface area contributed by atoms with Gasteiger partial charge in [-0.2, -0.15) is 0 Å². The van der Waals surface area contributed by atoms with Crippen LogP contribution in [0.3, 0.4) is 0 Å². The van der Waals surface area contributed by atoms with Crippen molar-refractivity contribution in [1.82, 2.24) is 15.5 Å². The molecule has 0 saturated heterocycles. The molecule has 3 rings (SSSR count). The summed E-state index contributed by atoms with van der Waals surface area (Å²) in [6, 6.07) is 10.0. The number of hydrogen-bond acceptors (Lipinski definition) is 6. The summed E-state index contributed by atoms with van der Waals surface area (Å²) in [6.45, 7) is 0.613. The molecule has 2 amide bonds. The van der Waals surface area contributed by atoms with Gasteiger partial charge < -0.3 is 10.6 Å². The van der Waals surface area contributed by atoms with Crippen molar-refractivity contribution in [2.75, 3.05) is 17.6 Å². The minimum atomic E-state index is -0.0313. The molecule has 132 valence electrons. The van der Waals surface area contributed by atoms with Gasteiger partial charge in [0.1, 0.15) is 0 Å². The Balaban J connectivity index is 1.35. The first kappa shape index (κ1) is 17.9. The second-order valence-corrected chi connectivity index (χ2v) is 8.06. The van der Waals surface area contributed by atoms with Gasteiger partial charge in [-0.25, -0.2) is 0 Å². The molecule has 0 unspecified atom stereocenters. The lowest BCUT2D eigenvalue weighted by atomic mass is 9.85. The van der Waals surface area contributed by atoms with Gasteiger partial charge in [-0.3, -0.25) is 9.59 Å². The highest BCUT2D eigenvalue weighted by molar-refractivity contribution is 8.01. The lowest BCUT2D eigenvalue weighted by Gasteiger charge is -2.23. The summed E-state index contributed by atoms with van der Waals surface area (Å²) in [5.41, 5.74) is 1.20. The summed E-state index contributed by atoms with van der Waals surface area (Å²) in [5.74, 6) is 0.407. The largest absolute Gasteiger partial charge is 0.355 e. The maximum atomic E-state index is 11.9. The summed E-state index contributed by atoms with van der Waals surface area (Å²) >= 11 is 2.64. The molecule has 2 aromatic rings. The Hall–Kier alpha value is -1.93. The number of nitrogens with one attached hydrogen (secondary N) is 2. The fraction of sp³-hybridized carbons (Fsp3) is 0.412. The van der Waals surface area contributed by atoms with Crippen molar-refractivity contribution in [3.05, 3.63) is 35.9 Å². The van der Waals surface area contributed by atoms with Gasteiger partial charge in [0.25, 0.3) is 0 Å². The van der Waals surface area contributed by atoms with Gasteiger partial charge in [-0.1, -0.05) is 59.9 Å². The Labute approximate surface area is 154 Å². The monoisotopic (exact) mass is 376 g/mol. The molecule has 0 spiro atoms. The zero-order valence-electron chi connectivity index (χ0n) is 13.7. The van der Waals surface area contributed by atoms with Gasteiger partial charge in [0.2, 0.25) is 16.9 Å². The normalized spacial score (nSPS) is 13.9. The number of anilines is 1. The Morgan fingerprint density at radius 3 is 2.72 bits per heavy atom. The summed E-state index contributed by atoms with van der Waals surface area (Å²) in [7, 11) is 0. The highest BCUT2D eigenvalue weighted by Gasteiger charge is 2.26. The molecule has 1 aromatic heterocycles. The van der Waals surface area contributed by atoms with Crippen LogP contribution in [0.15, 0.2) is 34.7 Å². The second kappa shape index (κ2) is 8.96. The minimum Gasteiger partial charge on any atom is -0.355 e. The van der Waals surface area contributed by atoms with E-state index in [1.165, 1.54) is 28.7 Å². The SMILES string of the molecule is O=C(CSc1nnc(NC(=O)C2CCC2)s1)NCCc1ccccc1. The van der Waals surface area contributed by atoms with Crippen LogP contribution in [-0.2, 0) is 16.0 Å². The van der Waals surface area contributed by atoms with Gasteiger partial charge >= 0.3 is 0 Å². The number of rotatable bonds is 8. The van der Waals surface area contributed by atoms with Crippen LogP contribution in [0.25, 0.3) is 0 Å². The van der Waals surface area contributed by atoms with Gasteiger partial charge in [-0.05, 0) is 24.8 Å². The zero-order valence-corrected chi connectivity index (χ0v) is 15.4. The molecule has 1 aromatic carbocycles. The lowest BCUT2D eigenvalue weighted by molar-refractivity contribution is -0.122. The molecule has 0 radical (unpaired) electrons. The van der Waals surface area contributed by atoms with E-state index in [0.29, 0.717) is 21.8 Å². The summed E-state index contributed by atoms with van der Waals surface area (Å²) in [5, 5.41) is 14.2. The van der Waals surface area contributed by atoms with Crippen LogP contribution in [0.1, 0.15) is 24.8 Å². The van der Waals surface area contributed by atoms with Crippen LogP contribution in [0, 0.1) is 5.92 Å². The highest BCUT2D eigenvalue weighted by atomic mass is 32.2. The van der Waals surface area contributed by atoms with Crippen LogP contribution < -0.4 is 10.6 Å². The van der Waals surface area contributed by atoms with Crippen molar-refractivity contribution in [3.8, 4) is 0 Å². The number of aromatic nitrogens is 2. The molecule has 8 heteroatoms. The number of amides is 2. The number of benzene rings is 1. The fourth-order valence-corrected chi connectivity index (χ4v) is 3.95. The minimum absolute atomic E-state index is 0.0256. The van der Waals surface area contributed by atoms with Crippen molar-refractivity contribution < 1.29 is 9.59 Å². The molecule has 1 fully saturated rings. The molecular formula is C17H20N4O2S2. The number of thioether (sulfide) groups is 1. The second-order valence-electron chi connectivity index (χ2n) is 5.86. The van der Waals surface area contributed by atoms with Crippen molar-refractivity contribution in [2.45, 2.75) is 30.0 Å². The molecule has 1 aliphatic carbocycles. The van der Waals surface area contributed by atoms with Crippen LogP contribution in [0.4, 0.5) is 5.13 Å². The first-order valence-electron chi connectivity index (χ1n) is 8.28. The fourth-order valence-electron chi connectivity index (χ4n) is 2.37. The van der Waals surface area contributed by atoms with Crippen LogP contribution in [0.2, 0.25) is 0 Å². The predicted octanol–water partition coefficient (Wildman–Crippen LogP) is 2.73. The van der Waals surface area contributed by atoms with E-state index in [2.05, 4.69) is 20.8 Å². The summed E-state index contributed by atoms with van der Waals surface area (Å²) in [6.07, 6.45) is 3.84. The Bertz CT molecular complexity index is 716. The Morgan fingerprint density at radius 1 is 1.20 bits per heavy atom. The van der Waals surface area contributed by atoms with Crippen LogP contribution >= 0.6 is 23.1 Å². The van der Waals surface area contributed by atoms with Crippen LogP contribution in [0.5, 0.6) is 0 Å². The smallest absolute Gasteiger partial charge is 0.230 e. The van der Waals surface area contributed by atoms with E-state index < -0.39 is 0 Å². The third-order valence-electron chi connectivity index (χ3n) is 4.02. The standard InChI is InChI=1S/C17H20N4O2S2/c22-14(18-10-9-12-5-2-1-3-6-12)11-24-17-21-20-16(25-17)19-15(23)13-7-4-8-13/h1-3,5-6,13H,4,7-11H2,(H,18,22)(H,19,20,23). The lowest BCUT2D eigenvalue weighted by Crippen LogP contribution is -2.27. The average Bonchev–Trinajstić information content (AvgIpc) is 2.99. The van der Waals surface area contributed by atoms with Crippen molar-refractivity contribution in [3.63, 3.8) is 0 Å². The van der Waals surface area contributed by atoms with E-state index in [1.807, 2.05) is 30.3 Å². The first-order valence-corrected chi connectivity index (χ1v) is 10.1. The molecule has 6 nitrogen and oxygen atoms in total. The molecule has 1 saturated carbocycles. The van der Waals surface area contributed by atoms with Crippen LogP contribution in [-0.4, -0.2) is 34.3 Å². The van der Waals surface area contributed by atoms with E-state index in [4.69, 9.17) is 0 Å². The number of carbonyl (C=O) groups is 2. The number of carbonyl (C=O) groups excluding carboxylic acids is 2. The topological polar surface area (TPSA) is 84.0 Å². The van der Waals surface area contributed by atoms with Gasteiger partial charge in [0.05, 0.1) is 5.75 Å². The van der Waals surface area contributed by atoms with E-state index >= 15 is 0 Å². The molecular weight excluding hydrogens is 356 g/mol. The molecule has 1 heterocycles.